The van der Waals surface area contributed by atoms with Gasteiger partial charge in [0.15, 0.2) is 0 Å². The smallest absolute Gasteiger partial charge is 0.265 e. The maximum Gasteiger partial charge on any atom is 0.265 e. The molecule has 0 aliphatic carbocycles. The average Bonchev–Trinajstić information content (AvgIpc) is 3.42. The Hall–Kier alpha value is -2.71. The zero-order chi connectivity index (χ0) is 18.8. The number of benzene rings is 1. The van der Waals surface area contributed by atoms with Crippen molar-refractivity contribution in [1.82, 2.24) is 14.9 Å². The molecule has 2 amide bonds. The molecule has 2 N–H and O–H groups in total. The molecule has 1 aliphatic heterocycles. The van der Waals surface area contributed by atoms with Crippen molar-refractivity contribution in [3.8, 4) is 0 Å². The standard InChI is InChI=1S/C19H20N4O3S/c1-23-14-7-6-12(21-19(25)16-5-3-9-27-16)10-13(14)22-17(23)11-20-18(24)15-4-2-8-26-15/h3,5-7,9-10,15H,2,4,8,11H2,1H3,(H,20,24)(H,21,25)/t15-/m0/s1. The lowest BCUT2D eigenvalue weighted by Gasteiger charge is -2.10. The van der Waals surface area contributed by atoms with Crippen molar-refractivity contribution in [3.63, 3.8) is 0 Å². The lowest BCUT2D eigenvalue weighted by molar-refractivity contribution is -0.130. The van der Waals surface area contributed by atoms with Gasteiger partial charge in [-0.25, -0.2) is 4.98 Å². The zero-order valence-corrected chi connectivity index (χ0v) is 15.7. The molecular weight excluding hydrogens is 364 g/mol. The summed E-state index contributed by atoms with van der Waals surface area (Å²) in [6.07, 6.45) is 1.34. The molecule has 3 heterocycles. The number of hydrogen-bond acceptors (Lipinski definition) is 5. The van der Waals surface area contributed by atoms with Crippen molar-refractivity contribution in [2.24, 2.45) is 7.05 Å². The lowest BCUT2D eigenvalue weighted by atomic mass is 10.2. The predicted molar refractivity (Wildman–Crippen MR) is 104 cm³/mol. The van der Waals surface area contributed by atoms with Gasteiger partial charge in [-0.1, -0.05) is 6.07 Å². The number of aryl methyl sites for hydroxylation is 1. The normalized spacial score (nSPS) is 16.6. The molecule has 7 nitrogen and oxygen atoms in total. The van der Waals surface area contributed by atoms with E-state index in [9.17, 15) is 9.59 Å². The van der Waals surface area contributed by atoms with E-state index in [1.807, 2.05) is 41.3 Å². The van der Waals surface area contributed by atoms with Gasteiger partial charge in [-0.3, -0.25) is 9.59 Å². The highest BCUT2D eigenvalue weighted by Gasteiger charge is 2.23. The number of fused-ring (bicyclic) bond motifs is 1. The number of amides is 2. The molecule has 8 heteroatoms. The van der Waals surface area contributed by atoms with Crippen molar-refractivity contribution < 1.29 is 14.3 Å². The molecule has 1 atom stereocenters. The fraction of sp³-hybridized carbons (Fsp3) is 0.316. The van der Waals surface area contributed by atoms with Gasteiger partial charge < -0.3 is 19.9 Å². The third kappa shape index (κ3) is 3.72. The van der Waals surface area contributed by atoms with E-state index in [4.69, 9.17) is 4.74 Å². The minimum Gasteiger partial charge on any atom is -0.368 e. The van der Waals surface area contributed by atoms with Gasteiger partial charge in [0.2, 0.25) is 5.91 Å². The molecule has 27 heavy (non-hydrogen) atoms. The van der Waals surface area contributed by atoms with Gasteiger partial charge >= 0.3 is 0 Å². The van der Waals surface area contributed by atoms with Crippen LogP contribution in [0, 0.1) is 0 Å². The monoisotopic (exact) mass is 384 g/mol. The minimum absolute atomic E-state index is 0.0940. The Kier molecular flexibility index (Phi) is 4.91. The van der Waals surface area contributed by atoms with Gasteiger partial charge in [0, 0.05) is 19.3 Å². The number of rotatable bonds is 5. The highest BCUT2D eigenvalue weighted by molar-refractivity contribution is 7.12. The molecule has 0 bridgehead atoms. The van der Waals surface area contributed by atoms with Gasteiger partial charge in [-0.2, -0.15) is 0 Å². The summed E-state index contributed by atoms with van der Waals surface area (Å²) in [5.74, 6) is 0.519. The third-order valence-electron chi connectivity index (χ3n) is 4.62. The molecular formula is C19H20N4O3S. The summed E-state index contributed by atoms with van der Waals surface area (Å²) in [5.41, 5.74) is 2.39. The number of hydrogen-bond donors (Lipinski definition) is 2. The molecule has 0 unspecified atom stereocenters. The van der Waals surface area contributed by atoms with E-state index in [0.29, 0.717) is 23.7 Å². The van der Waals surface area contributed by atoms with E-state index in [2.05, 4.69) is 15.6 Å². The summed E-state index contributed by atoms with van der Waals surface area (Å²) >= 11 is 1.40. The van der Waals surface area contributed by atoms with Gasteiger partial charge in [0.05, 0.1) is 22.5 Å². The number of thiophene rings is 1. The summed E-state index contributed by atoms with van der Waals surface area (Å²) in [4.78, 5) is 29.6. The first-order chi connectivity index (χ1) is 13.1. The summed E-state index contributed by atoms with van der Waals surface area (Å²) in [6.45, 7) is 0.977. The van der Waals surface area contributed by atoms with Crippen molar-refractivity contribution in [3.05, 3.63) is 46.4 Å². The molecule has 1 aliphatic rings. The van der Waals surface area contributed by atoms with Crippen LogP contribution in [-0.4, -0.2) is 34.1 Å². The van der Waals surface area contributed by atoms with E-state index in [-0.39, 0.29) is 17.9 Å². The topological polar surface area (TPSA) is 85.2 Å². The molecule has 0 radical (unpaired) electrons. The van der Waals surface area contributed by atoms with Crippen LogP contribution in [0.25, 0.3) is 11.0 Å². The highest BCUT2D eigenvalue weighted by Crippen LogP contribution is 2.21. The summed E-state index contributed by atoms with van der Waals surface area (Å²) in [6, 6.07) is 9.24. The summed E-state index contributed by atoms with van der Waals surface area (Å²) < 4.78 is 7.34. The summed E-state index contributed by atoms with van der Waals surface area (Å²) in [5, 5.41) is 7.65. The van der Waals surface area contributed by atoms with Crippen LogP contribution in [0.5, 0.6) is 0 Å². The van der Waals surface area contributed by atoms with Crippen LogP contribution < -0.4 is 10.6 Å². The number of carbonyl (C=O) groups excluding carboxylic acids is 2. The molecule has 4 rings (SSSR count). The second-order valence-electron chi connectivity index (χ2n) is 6.44. The van der Waals surface area contributed by atoms with Crippen LogP contribution >= 0.6 is 11.3 Å². The lowest BCUT2D eigenvalue weighted by Crippen LogP contribution is -2.34. The number of carbonyl (C=O) groups is 2. The molecule has 0 saturated carbocycles. The largest absolute Gasteiger partial charge is 0.368 e. The van der Waals surface area contributed by atoms with Gasteiger partial charge in [-0.15, -0.1) is 11.3 Å². The van der Waals surface area contributed by atoms with Gasteiger partial charge in [-0.05, 0) is 42.5 Å². The van der Waals surface area contributed by atoms with Crippen LogP contribution in [-0.2, 0) is 23.1 Å². The van der Waals surface area contributed by atoms with E-state index in [1.165, 1.54) is 11.3 Å². The number of imidazole rings is 1. The Balaban J connectivity index is 1.47. The third-order valence-corrected chi connectivity index (χ3v) is 5.49. The van der Waals surface area contributed by atoms with Crippen LogP contribution in [0.4, 0.5) is 5.69 Å². The Morgan fingerprint density at radius 1 is 1.37 bits per heavy atom. The van der Waals surface area contributed by atoms with E-state index >= 15 is 0 Å². The van der Waals surface area contributed by atoms with Crippen molar-refractivity contribution >= 4 is 39.9 Å². The Labute approximate surface area is 160 Å². The van der Waals surface area contributed by atoms with Crippen LogP contribution in [0.1, 0.15) is 28.3 Å². The number of aromatic nitrogens is 2. The predicted octanol–water partition coefficient (Wildman–Crippen LogP) is 2.68. The van der Waals surface area contributed by atoms with Crippen LogP contribution in [0.2, 0.25) is 0 Å². The number of nitrogens with one attached hydrogen (secondary N) is 2. The Morgan fingerprint density at radius 2 is 2.26 bits per heavy atom. The number of ether oxygens (including phenoxy) is 1. The van der Waals surface area contributed by atoms with Gasteiger partial charge in [0.1, 0.15) is 11.9 Å². The Morgan fingerprint density at radius 3 is 3.00 bits per heavy atom. The highest BCUT2D eigenvalue weighted by atomic mass is 32.1. The average molecular weight is 384 g/mol. The molecule has 0 spiro atoms. The van der Waals surface area contributed by atoms with E-state index in [0.717, 1.165) is 29.7 Å². The SMILES string of the molecule is Cn1c(CNC(=O)[C@@H]2CCCO2)nc2cc(NC(=O)c3cccs3)ccc21. The van der Waals surface area contributed by atoms with Crippen molar-refractivity contribution in [1.29, 1.82) is 0 Å². The molecule has 1 fully saturated rings. The minimum atomic E-state index is -0.348. The summed E-state index contributed by atoms with van der Waals surface area (Å²) in [7, 11) is 1.91. The first-order valence-corrected chi connectivity index (χ1v) is 9.69. The van der Waals surface area contributed by atoms with Crippen LogP contribution in [0.3, 0.4) is 0 Å². The van der Waals surface area contributed by atoms with Crippen molar-refractivity contribution in [2.75, 3.05) is 11.9 Å². The molecule has 2 aromatic heterocycles. The molecule has 3 aromatic rings. The molecule has 1 saturated heterocycles. The molecule has 140 valence electrons. The van der Waals surface area contributed by atoms with Gasteiger partial charge in [0.25, 0.3) is 5.91 Å². The second kappa shape index (κ2) is 7.50. The molecule has 1 aromatic carbocycles. The Bertz CT molecular complexity index is 974. The maximum atomic E-state index is 12.2. The van der Waals surface area contributed by atoms with Crippen molar-refractivity contribution in [2.45, 2.75) is 25.5 Å². The first kappa shape index (κ1) is 17.7. The first-order valence-electron chi connectivity index (χ1n) is 8.81. The maximum absolute atomic E-state index is 12.2. The zero-order valence-electron chi connectivity index (χ0n) is 14.9. The van der Waals surface area contributed by atoms with Crippen LogP contribution in [0.15, 0.2) is 35.7 Å². The van der Waals surface area contributed by atoms with E-state index in [1.54, 1.807) is 6.07 Å². The fourth-order valence-electron chi connectivity index (χ4n) is 3.15. The quantitative estimate of drug-likeness (QED) is 0.708. The second-order valence-corrected chi connectivity index (χ2v) is 7.39. The fourth-order valence-corrected chi connectivity index (χ4v) is 3.77. The number of nitrogens with zero attached hydrogens (tertiary/aromatic N) is 2. The number of anilines is 1. The van der Waals surface area contributed by atoms with E-state index < -0.39 is 0 Å².